The lowest BCUT2D eigenvalue weighted by atomic mass is 9.91. The molecule has 7 aromatic rings. The molecule has 3 N–H and O–H groups in total. The van der Waals surface area contributed by atoms with Crippen LogP contribution in [0.2, 0.25) is 5.02 Å². The van der Waals surface area contributed by atoms with Gasteiger partial charge in [-0.1, -0.05) is 80.6 Å². The maximum absolute atomic E-state index is 17.2. The third-order valence-corrected chi connectivity index (χ3v) is 16.7. The molecule has 4 aromatic carbocycles. The number of hydrogen-bond donors (Lipinski definition) is 3. The highest BCUT2D eigenvalue weighted by Gasteiger charge is 2.44. The Bertz CT molecular complexity index is 3440. The van der Waals surface area contributed by atoms with Gasteiger partial charge in [0, 0.05) is 62.7 Å². The number of aryl methyl sites for hydroxylation is 1. The number of carbonyl (C=O) groups excluding carboxylic acids is 3. The van der Waals surface area contributed by atoms with Crippen molar-refractivity contribution in [3.05, 3.63) is 119 Å². The highest BCUT2D eigenvalue weighted by atomic mass is 35.5. The number of phenols is 1. The molecule has 0 bridgehead atoms. The average molecular weight is 1130 g/mol. The number of anilines is 1. The summed E-state index contributed by atoms with van der Waals surface area (Å²) >= 11 is 8.50. The van der Waals surface area contributed by atoms with Gasteiger partial charge in [-0.2, -0.15) is 9.97 Å². The summed E-state index contributed by atoms with van der Waals surface area (Å²) in [6, 6.07) is 20.3. The zero-order valence-corrected chi connectivity index (χ0v) is 46.8. The van der Waals surface area contributed by atoms with E-state index in [0.29, 0.717) is 46.5 Å². The van der Waals surface area contributed by atoms with Crippen molar-refractivity contribution in [1.29, 1.82) is 0 Å². The van der Waals surface area contributed by atoms with Crippen LogP contribution in [0.3, 0.4) is 0 Å². The number of likely N-dealkylation sites (tertiary alicyclic amines) is 2. The summed E-state index contributed by atoms with van der Waals surface area (Å²) in [5.74, 6) is -3.22. The first-order valence-corrected chi connectivity index (χ1v) is 28.2. The van der Waals surface area contributed by atoms with Crippen molar-refractivity contribution in [2.45, 2.75) is 84.1 Å². The van der Waals surface area contributed by atoms with Crippen LogP contribution < -0.4 is 19.7 Å². The van der Waals surface area contributed by atoms with Crippen molar-refractivity contribution in [2.24, 2.45) is 11.8 Å². The first-order valence-electron chi connectivity index (χ1n) is 27.0. The molecule has 3 fully saturated rings. The number of fused-ring (bicyclic) bond motifs is 2. The third-order valence-electron chi connectivity index (χ3n) is 15.4. The molecule has 21 heteroatoms. The largest absolute Gasteiger partial charge is 0.508 e. The van der Waals surface area contributed by atoms with Crippen molar-refractivity contribution < 1.29 is 47.4 Å². The number of hydrogen-bond acceptors (Lipinski definition) is 15. The number of carbonyl (C=O) groups is 3. The predicted octanol–water partition coefficient (Wildman–Crippen LogP) is 9.64. The molecule has 5 atom stereocenters. The van der Waals surface area contributed by atoms with E-state index in [4.69, 9.17) is 30.6 Å². The summed E-state index contributed by atoms with van der Waals surface area (Å²) in [5.41, 5.74) is 5.12. The molecule has 3 aliphatic rings. The van der Waals surface area contributed by atoms with Crippen LogP contribution in [0.1, 0.15) is 75.9 Å². The van der Waals surface area contributed by atoms with Gasteiger partial charge >= 0.3 is 6.01 Å². The molecule has 0 saturated carbocycles. The van der Waals surface area contributed by atoms with E-state index < -0.39 is 41.7 Å². The summed E-state index contributed by atoms with van der Waals surface area (Å²) in [7, 11) is 0. The van der Waals surface area contributed by atoms with Gasteiger partial charge in [0.15, 0.2) is 17.4 Å². The van der Waals surface area contributed by atoms with Crippen molar-refractivity contribution in [3.63, 3.8) is 0 Å². The van der Waals surface area contributed by atoms with Crippen LogP contribution in [0.5, 0.6) is 17.6 Å². The standard InChI is InChI=1S/C59H64ClF2N9O8S/c1-32(2)50(58(76)71-29-42(73)25-47(71)56(74)64-35(5)38-11-13-39(14-12-38)54-36(6)63-31-80-54)48-27-49(67-79-48)77-30-37-15-17-68(18-16-37)28-33(3)78-59-65-53-45(55(66-59)69-19-21-70(22-20-69)57(75)34(4)61)26-46(60)51(52(53)62)44-24-41(72)23-40-9-7-8-10-43(40)44/h7-14,23-24,26-27,31-33,35,37,42,47,50,72-73H,4,15-22,25,28-30H2,1-3,5-6H3,(H,64,74)/t33-,35+,42-,47+,50+/m1/s1. The number of rotatable bonds is 17. The smallest absolute Gasteiger partial charge is 0.319 e. The van der Waals surface area contributed by atoms with E-state index in [2.05, 4.69) is 31.9 Å². The number of halogens is 3. The lowest BCUT2D eigenvalue weighted by Crippen LogP contribution is -2.49. The number of aliphatic hydroxyl groups is 1. The zero-order chi connectivity index (χ0) is 56.5. The second kappa shape index (κ2) is 23.8. The van der Waals surface area contributed by atoms with Crippen molar-refractivity contribution in [1.82, 2.24) is 40.1 Å². The van der Waals surface area contributed by atoms with Crippen LogP contribution in [0.25, 0.3) is 43.2 Å². The second-order valence-corrected chi connectivity index (χ2v) is 22.7. The van der Waals surface area contributed by atoms with Gasteiger partial charge in [-0.05, 0) is 109 Å². The predicted molar refractivity (Wildman–Crippen MR) is 302 cm³/mol. The fourth-order valence-corrected chi connectivity index (χ4v) is 12.3. The number of aromatic hydroxyl groups is 1. The van der Waals surface area contributed by atoms with Gasteiger partial charge < -0.3 is 44.2 Å². The topological polar surface area (TPSA) is 200 Å². The first kappa shape index (κ1) is 56.0. The zero-order valence-electron chi connectivity index (χ0n) is 45.2. The number of piperazine rings is 1. The number of aliphatic hydroxyl groups excluding tert-OH is 1. The Morgan fingerprint density at radius 3 is 2.40 bits per heavy atom. The number of nitrogens with zero attached hydrogens (tertiary/aromatic N) is 8. The van der Waals surface area contributed by atoms with Crippen LogP contribution >= 0.6 is 22.9 Å². The summed E-state index contributed by atoms with van der Waals surface area (Å²) in [6.45, 7) is 15.9. The van der Waals surface area contributed by atoms with Gasteiger partial charge in [0.2, 0.25) is 11.8 Å². The molecule has 0 unspecified atom stereocenters. The molecule has 0 radical (unpaired) electrons. The van der Waals surface area contributed by atoms with E-state index in [1.54, 1.807) is 29.5 Å². The minimum atomic E-state index is -1.05. The summed E-state index contributed by atoms with van der Waals surface area (Å²) in [5, 5.41) is 30.5. The molecular formula is C59H64ClF2N9O8S. The molecule has 3 saturated heterocycles. The molecule has 0 aliphatic carbocycles. The minimum absolute atomic E-state index is 0.0120. The molecule has 6 heterocycles. The van der Waals surface area contributed by atoms with Crippen molar-refractivity contribution >= 4 is 68.2 Å². The van der Waals surface area contributed by atoms with Gasteiger partial charge in [-0.25, -0.2) is 13.8 Å². The maximum Gasteiger partial charge on any atom is 0.319 e. The fourth-order valence-electron chi connectivity index (χ4n) is 11.2. The van der Waals surface area contributed by atoms with Gasteiger partial charge in [0.05, 0.1) is 39.9 Å². The van der Waals surface area contributed by atoms with Gasteiger partial charge in [0.1, 0.15) is 35.1 Å². The Morgan fingerprint density at radius 2 is 1.70 bits per heavy atom. The molecule has 3 amide bonds. The molecule has 10 rings (SSSR count). The first-order chi connectivity index (χ1) is 38.4. The average Bonchev–Trinajstić information content (AvgIpc) is 4.23. The normalized spacial score (nSPS) is 18.4. The highest BCUT2D eigenvalue weighted by Crippen LogP contribution is 2.43. The summed E-state index contributed by atoms with van der Waals surface area (Å²) < 4.78 is 49.4. The molecule has 0 spiro atoms. The van der Waals surface area contributed by atoms with Crippen LogP contribution in [-0.4, -0.2) is 140 Å². The number of aromatic nitrogens is 4. The minimum Gasteiger partial charge on any atom is -0.508 e. The highest BCUT2D eigenvalue weighted by molar-refractivity contribution is 7.13. The molecule has 80 heavy (non-hydrogen) atoms. The molecule has 420 valence electrons. The Kier molecular flexibility index (Phi) is 16.7. The third kappa shape index (κ3) is 11.9. The van der Waals surface area contributed by atoms with Crippen LogP contribution in [-0.2, 0) is 14.4 Å². The Morgan fingerprint density at radius 1 is 0.963 bits per heavy atom. The van der Waals surface area contributed by atoms with E-state index in [-0.39, 0.29) is 103 Å². The number of β-amino-alcohol motifs (C(OH)–C–C–N with tert-alkyl or cyclic N) is 1. The lowest BCUT2D eigenvalue weighted by molar-refractivity contribution is -0.141. The fraction of sp³-hybridized carbons (Fsp3) is 0.407. The van der Waals surface area contributed by atoms with E-state index in [1.807, 2.05) is 93.6 Å². The monoisotopic (exact) mass is 1130 g/mol. The molecule has 17 nitrogen and oxygen atoms in total. The number of thiazole rings is 1. The Labute approximate surface area is 471 Å². The van der Waals surface area contributed by atoms with E-state index in [1.165, 1.54) is 15.9 Å². The molecule has 3 aromatic heterocycles. The molecule has 3 aliphatic heterocycles. The number of piperidine rings is 1. The van der Waals surface area contributed by atoms with Crippen LogP contribution in [0.4, 0.5) is 14.6 Å². The molecular weight excluding hydrogens is 1070 g/mol. The SMILES string of the molecule is C=C(F)C(=O)N1CCN(c2nc(O[C@H](C)CN3CCC(COc4cc([C@@H](C(=O)N5C[C@H](O)C[C@H]5C(=O)N[C@@H](C)c5ccc(-c6scnc6C)cc5)C(C)C)on4)CC3)nc3c(F)c(-c4cc(O)cc5ccccc45)c(Cl)cc23)CC1. The Hall–Kier alpha value is -7.26. The number of ether oxygens (including phenoxy) is 2. The quantitative estimate of drug-likeness (QED) is 0.0728. The van der Waals surface area contributed by atoms with Gasteiger partial charge in [-0.15, -0.1) is 11.3 Å². The van der Waals surface area contributed by atoms with Crippen LogP contribution in [0, 0.1) is 24.6 Å². The number of amides is 3. The number of phenolic OH excluding ortho intramolecular Hbond substituents is 1. The number of nitrogens with one attached hydrogen (secondary N) is 1. The lowest BCUT2D eigenvalue weighted by Gasteiger charge is -2.35. The van der Waals surface area contributed by atoms with Crippen molar-refractivity contribution in [3.8, 4) is 39.2 Å². The van der Waals surface area contributed by atoms with Gasteiger partial charge in [-0.3, -0.25) is 19.3 Å². The second-order valence-electron chi connectivity index (χ2n) is 21.5. The maximum atomic E-state index is 17.2. The summed E-state index contributed by atoms with van der Waals surface area (Å²) in [6.07, 6.45) is 0.420. The van der Waals surface area contributed by atoms with E-state index in [0.717, 1.165) is 47.6 Å². The van der Waals surface area contributed by atoms with Crippen LogP contribution in [0.15, 0.2) is 95.2 Å². The van der Waals surface area contributed by atoms with E-state index in [9.17, 15) is 29.0 Å². The summed E-state index contributed by atoms with van der Waals surface area (Å²) in [4.78, 5) is 62.4. The van der Waals surface area contributed by atoms with E-state index >= 15 is 4.39 Å². The van der Waals surface area contributed by atoms with Gasteiger partial charge in [0.25, 0.3) is 11.8 Å². The Balaban J connectivity index is 0.762. The number of benzene rings is 4. The van der Waals surface area contributed by atoms with Crippen molar-refractivity contribution in [2.75, 3.05) is 63.9 Å².